The van der Waals surface area contributed by atoms with Gasteiger partial charge in [-0.15, -0.1) is 0 Å². The van der Waals surface area contributed by atoms with Crippen molar-refractivity contribution in [2.24, 2.45) is 0 Å². The van der Waals surface area contributed by atoms with E-state index in [0.29, 0.717) is 5.69 Å². The summed E-state index contributed by atoms with van der Waals surface area (Å²) in [6.45, 7) is 0. The second-order valence-corrected chi connectivity index (χ2v) is 8.04. The summed E-state index contributed by atoms with van der Waals surface area (Å²) in [5.74, 6) is 1.68. The molecule has 34 heavy (non-hydrogen) atoms. The van der Waals surface area contributed by atoms with Crippen molar-refractivity contribution in [2.75, 3.05) is 4.90 Å². The van der Waals surface area contributed by atoms with E-state index < -0.39 is 0 Å². The molecule has 0 atom stereocenters. The Morgan fingerprint density at radius 1 is 0.618 bits per heavy atom. The highest BCUT2D eigenvalue weighted by molar-refractivity contribution is 5.87. The molecule has 0 amide bonds. The molecule has 0 aliphatic carbocycles. The van der Waals surface area contributed by atoms with Gasteiger partial charge in [0.1, 0.15) is 11.8 Å². The van der Waals surface area contributed by atoms with Crippen molar-refractivity contribution in [3.63, 3.8) is 0 Å². The summed E-state index contributed by atoms with van der Waals surface area (Å²) in [4.78, 5) is 6.42. The van der Waals surface area contributed by atoms with Crippen LogP contribution in [0.2, 0.25) is 0 Å². The van der Waals surface area contributed by atoms with E-state index in [1.807, 2.05) is 42.5 Å². The Kier molecular flexibility index (Phi) is 4.79. The SMILES string of the molecule is N#Cc1ccc(-c2ccc(-c3cccc(N4c5ccccc5Oc5ccccc54)c3)cc2)cn1. The molecule has 1 aliphatic rings. The van der Waals surface area contributed by atoms with Crippen LogP contribution in [0.1, 0.15) is 5.69 Å². The summed E-state index contributed by atoms with van der Waals surface area (Å²) in [5, 5.41) is 8.96. The fourth-order valence-corrected chi connectivity index (χ4v) is 4.29. The predicted octanol–water partition coefficient (Wildman–Crippen LogP) is 7.86. The summed E-state index contributed by atoms with van der Waals surface area (Å²) < 4.78 is 6.15. The standard InChI is InChI=1S/C30H19N3O/c31-19-25-17-16-24(20-32-25)22-14-12-21(13-15-22)23-6-5-7-26(18-23)33-27-8-1-3-10-29(27)34-30-11-4-2-9-28(30)33/h1-18,20H. The van der Waals surface area contributed by atoms with Crippen LogP contribution in [0, 0.1) is 11.3 Å². The monoisotopic (exact) mass is 437 g/mol. The first-order valence-corrected chi connectivity index (χ1v) is 11.0. The number of rotatable bonds is 3. The molecule has 0 bridgehead atoms. The second kappa shape index (κ2) is 8.23. The van der Waals surface area contributed by atoms with Crippen LogP contribution in [0.4, 0.5) is 17.1 Å². The van der Waals surface area contributed by atoms with E-state index in [9.17, 15) is 0 Å². The Balaban J connectivity index is 1.38. The van der Waals surface area contributed by atoms with Gasteiger partial charge in [-0.2, -0.15) is 5.26 Å². The van der Waals surface area contributed by atoms with Crippen LogP contribution in [0.15, 0.2) is 115 Å². The van der Waals surface area contributed by atoms with Crippen LogP contribution in [-0.2, 0) is 0 Å². The van der Waals surface area contributed by atoms with Crippen LogP contribution in [0.5, 0.6) is 11.5 Å². The van der Waals surface area contributed by atoms with Crippen molar-refractivity contribution in [2.45, 2.75) is 0 Å². The van der Waals surface area contributed by atoms with Gasteiger partial charge in [0.25, 0.3) is 0 Å². The summed E-state index contributed by atoms with van der Waals surface area (Å²) in [5.41, 5.74) is 7.83. The van der Waals surface area contributed by atoms with Crippen molar-refractivity contribution in [3.05, 3.63) is 121 Å². The fourth-order valence-electron chi connectivity index (χ4n) is 4.29. The molecule has 0 unspecified atom stereocenters. The third-order valence-corrected chi connectivity index (χ3v) is 5.97. The van der Waals surface area contributed by atoms with E-state index in [4.69, 9.17) is 10.00 Å². The lowest BCUT2D eigenvalue weighted by atomic mass is 10.00. The fraction of sp³-hybridized carbons (Fsp3) is 0. The maximum Gasteiger partial charge on any atom is 0.151 e. The predicted molar refractivity (Wildman–Crippen MR) is 135 cm³/mol. The van der Waals surface area contributed by atoms with Gasteiger partial charge in [0, 0.05) is 17.4 Å². The number of hydrogen-bond donors (Lipinski definition) is 0. The number of fused-ring (bicyclic) bond motifs is 2. The zero-order valence-corrected chi connectivity index (χ0v) is 18.2. The largest absolute Gasteiger partial charge is 0.453 e. The molecule has 0 saturated carbocycles. The van der Waals surface area contributed by atoms with E-state index in [-0.39, 0.29) is 0 Å². The molecule has 2 heterocycles. The quantitative estimate of drug-likeness (QED) is 0.283. The highest BCUT2D eigenvalue weighted by Crippen LogP contribution is 2.50. The molecule has 4 nitrogen and oxygen atoms in total. The van der Waals surface area contributed by atoms with Gasteiger partial charge in [-0.1, -0.05) is 60.7 Å². The molecular formula is C30H19N3O. The zero-order valence-electron chi connectivity index (χ0n) is 18.2. The van der Waals surface area contributed by atoms with Gasteiger partial charge in [0.05, 0.1) is 11.4 Å². The Hall–Kier alpha value is -4.88. The molecular weight excluding hydrogens is 418 g/mol. The number of nitriles is 1. The molecule has 5 aromatic rings. The average molecular weight is 438 g/mol. The van der Waals surface area contributed by atoms with Crippen LogP contribution < -0.4 is 9.64 Å². The Bertz CT molecular complexity index is 1490. The number of pyridine rings is 1. The highest BCUT2D eigenvalue weighted by atomic mass is 16.5. The molecule has 160 valence electrons. The van der Waals surface area contributed by atoms with Gasteiger partial charge in [-0.05, 0) is 65.2 Å². The van der Waals surface area contributed by atoms with Crippen molar-refractivity contribution >= 4 is 17.1 Å². The molecule has 4 aromatic carbocycles. The molecule has 0 saturated heterocycles. The minimum absolute atomic E-state index is 0.420. The minimum atomic E-state index is 0.420. The normalized spacial score (nSPS) is 11.7. The first-order chi connectivity index (χ1) is 16.8. The van der Waals surface area contributed by atoms with E-state index >= 15 is 0 Å². The van der Waals surface area contributed by atoms with Gasteiger partial charge in [-0.3, -0.25) is 0 Å². The summed E-state index contributed by atoms with van der Waals surface area (Å²) in [6, 6.07) is 38.9. The minimum Gasteiger partial charge on any atom is -0.453 e. The lowest BCUT2D eigenvalue weighted by Crippen LogP contribution is -2.15. The molecule has 4 heteroatoms. The number of anilines is 3. The van der Waals surface area contributed by atoms with Crippen LogP contribution >= 0.6 is 0 Å². The van der Waals surface area contributed by atoms with E-state index in [2.05, 4.69) is 76.6 Å². The molecule has 1 aliphatic heterocycles. The van der Waals surface area contributed by atoms with Gasteiger partial charge in [0.15, 0.2) is 11.5 Å². The zero-order chi connectivity index (χ0) is 22.9. The van der Waals surface area contributed by atoms with E-state index in [1.165, 1.54) is 0 Å². The van der Waals surface area contributed by atoms with Crippen molar-refractivity contribution in [3.8, 4) is 39.8 Å². The molecule has 0 fully saturated rings. The van der Waals surface area contributed by atoms with Gasteiger partial charge in [0.2, 0.25) is 0 Å². The van der Waals surface area contributed by atoms with E-state index in [1.54, 1.807) is 12.3 Å². The van der Waals surface area contributed by atoms with Crippen LogP contribution in [0.3, 0.4) is 0 Å². The lowest BCUT2D eigenvalue weighted by Gasteiger charge is -2.33. The number of nitrogens with zero attached hydrogens (tertiary/aromatic N) is 3. The van der Waals surface area contributed by atoms with Gasteiger partial charge >= 0.3 is 0 Å². The van der Waals surface area contributed by atoms with Gasteiger partial charge in [-0.25, -0.2) is 4.98 Å². The van der Waals surface area contributed by atoms with Crippen LogP contribution in [-0.4, -0.2) is 4.98 Å². The third kappa shape index (κ3) is 3.46. The number of ether oxygens (including phenoxy) is 1. The summed E-state index contributed by atoms with van der Waals surface area (Å²) in [7, 11) is 0. The Morgan fingerprint density at radius 3 is 1.85 bits per heavy atom. The topological polar surface area (TPSA) is 49.2 Å². The number of para-hydroxylation sites is 4. The highest BCUT2D eigenvalue weighted by Gasteiger charge is 2.25. The molecule has 0 spiro atoms. The first-order valence-electron chi connectivity index (χ1n) is 11.0. The third-order valence-electron chi connectivity index (χ3n) is 5.97. The second-order valence-electron chi connectivity index (χ2n) is 8.04. The summed E-state index contributed by atoms with van der Waals surface area (Å²) >= 11 is 0. The smallest absolute Gasteiger partial charge is 0.151 e. The van der Waals surface area contributed by atoms with Crippen molar-refractivity contribution in [1.29, 1.82) is 5.26 Å². The average Bonchev–Trinajstić information content (AvgIpc) is 2.92. The number of benzene rings is 4. The number of aromatic nitrogens is 1. The van der Waals surface area contributed by atoms with Crippen LogP contribution in [0.25, 0.3) is 22.3 Å². The maximum absolute atomic E-state index is 8.96. The Labute approximate surface area is 198 Å². The van der Waals surface area contributed by atoms with Crippen molar-refractivity contribution < 1.29 is 4.74 Å². The lowest BCUT2D eigenvalue weighted by molar-refractivity contribution is 0.477. The van der Waals surface area contributed by atoms with Gasteiger partial charge < -0.3 is 9.64 Å². The van der Waals surface area contributed by atoms with Crippen molar-refractivity contribution in [1.82, 2.24) is 4.98 Å². The Morgan fingerprint density at radius 2 is 1.24 bits per heavy atom. The number of hydrogen-bond acceptors (Lipinski definition) is 4. The molecule has 6 rings (SSSR count). The molecule has 0 radical (unpaired) electrons. The molecule has 1 aromatic heterocycles. The molecule has 0 N–H and O–H groups in total. The first kappa shape index (κ1) is 19.8. The van der Waals surface area contributed by atoms with E-state index in [0.717, 1.165) is 50.8 Å². The summed E-state index contributed by atoms with van der Waals surface area (Å²) in [6.07, 6.45) is 1.74. The maximum atomic E-state index is 8.96.